The number of hydrogen-bond acceptors (Lipinski definition) is 1. The van der Waals surface area contributed by atoms with Crippen LogP contribution in [-0.4, -0.2) is 11.2 Å². The van der Waals surface area contributed by atoms with Crippen LogP contribution >= 0.6 is 0 Å². The van der Waals surface area contributed by atoms with Crippen LogP contribution in [0, 0.1) is 45.8 Å². The molecule has 0 aliphatic heterocycles. The molecule has 0 aromatic heterocycles. The number of rotatable bonds is 5. The minimum absolute atomic E-state index is 0.0442. The summed E-state index contributed by atoms with van der Waals surface area (Å²) in [5, 5.41) is 10.3. The molecule has 3 saturated carbocycles. The first kappa shape index (κ1) is 21.9. The summed E-state index contributed by atoms with van der Waals surface area (Å²) in [5.41, 5.74) is 3.16. The van der Waals surface area contributed by atoms with Crippen molar-refractivity contribution < 1.29 is 5.11 Å². The quantitative estimate of drug-likeness (QED) is 0.467. The van der Waals surface area contributed by atoms with E-state index in [4.69, 9.17) is 0 Å². The standard InChI is InChI=1S/C28H48O/c1-19(2)8-7-9-20(3)23-13-16-28(6)25-11-10-21-18-22(29)12-15-26(21,4)24(25)14-17-27(23,28)5/h14,19-23,25,29H,7-13,15-18H2,1-6H3/t20-,21-,22+,23-,25-,26+,27-,28+/m1/s1. The van der Waals surface area contributed by atoms with E-state index in [9.17, 15) is 5.11 Å². The van der Waals surface area contributed by atoms with E-state index >= 15 is 0 Å². The first-order valence-corrected chi connectivity index (χ1v) is 13.0. The first-order chi connectivity index (χ1) is 13.6. The number of aliphatic hydroxyl groups is 1. The summed E-state index contributed by atoms with van der Waals surface area (Å²) in [6, 6.07) is 0. The SMILES string of the molecule is CC(C)CCC[C@@H](C)[C@H]1CC[C@@]2(C)[C@@H]3CC[C@@H]4C[C@@H](O)CC[C@]4(C)C3=CC[C@]12C. The van der Waals surface area contributed by atoms with Crippen molar-refractivity contribution >= 4 is 0 Å². The molecule has 8 atom stereocenters. The van der Waals surface area contributed by atoms with Gasteiger partial charge in [0.2, 0.25) is 0 Å². The second kappa shape index (κ2) is 7.68. The van der Waals surface area contributed by atoms with E-state index in [1.165, 1.54) is 57.8 Å². The highest BCUT2D eigenvalue weighted by molar-refractivity contribution is 5.31. The molecule has 0 spiro atoms. The van der Waals surface area contributed by atoms with Crippen molar-refractivity contribution in [3.05, 3.63) is 11.6 Å². The fraction of sp³-hybridized carbons (Fsp3) is 0.929. The van der Waals surface area contributed by atoms with Gasteiger partial charge in [0.05, 0.1) is 6.10 Å². The number of fused-ring (bicyclic) bond motifs is 5. The van der Waals surface area contributed by atoms with Gasteiger partial charge in [0.15, 0.2) is 0 Å². The highest BCUT2D eigenvalue weighted by Gasteiger charge is 2.63. The molecule has 0 unspecified atom stereocenters. The Bertz CT molecular complexity index is 634. The van der Waals surface area contributed by atoms with Crippen LogP contribution in [0.3, 0.4) is 0 Å². The summed E-state index contributed by atoms with van der Waals surface area (Å²) >= 11 is 0. The molecule has 0 aromatic rings. The van der Waals surface area contributed by atoms with Crippen molar-refractivity contribution in [3.8, 4) is 0 Å². The Balaban J connectivity index is 1.57. The largest absolute Gasteiger partial charge is 0.393 e. The van der Waals surface area contributed by atoms with Gasteiger partial charge in [-0.2, -0.15) is 0 Å². The average molecular weight is 401 g/mol. The molecule has 4 aliphatic carbocycles. The lowest BCUT2D eigenvalue weighted by Gasteiger charge is -2.61. The number of allylic oxidation sites excluding steroid dienone is 2. The van der Waals surface area contributed by atoms with E-state index in [2.05, 4.69) is 47.6 Å². The molecule has 29 heavy (non-hydrogen) atoms. The third-order valence-corrected chi connectivity index (χ3v) is 11.0. The van der Waals surface area contributed by atoms with Crippen molar-refractivity contribution in [2.24, 2.45) is 45.8 Å². The smallest absolute Gasteiger partial charge is 0.0543 e. The predicted molar refractivity (Wildman–Crippen MR) is 124 cm³/mol. The molecule has 3 fully saturated rings. The van der Waals surface area contributed by atoms with Gasteiger partial charge in [-0.1, -0.05) is 72.5 Å². The average Bonchev–Trinajstić information content (AvgIpc) is 2.93. The topological polar surface area (TPSA) is 20.2 Å². The van der Waals surface area contributed by atoms with Crippen molar-refractivity contribution in [2.45, 2.75) is 118 Å². The minimum atomic E-state index is -0.0442. The second-order valence-electron chi connectivity index (χ2n) is 12.8. The van der Waals surface area contributed by atoms with E-state index < -0.39 is 0 Å². The summed E-state index contributed by atoms with van der Waals surface area (Å²) in [6.45, 7) is 15.2. The maximum atomic E-state index is 10.3. The van der Waals surface area contributed by atoms with Crippen LogP contribution in [-0.2, 0) is 0 Å². The molecule has 0 bridgehead atoms. The van der Waals surface area contributed by atoms with Gasteiger partial charge in [-0.05, 0) is 97.2 Å². The Morgan fingerprint density at radius 1 is 0.966 bits per heavy atom. The van der Waals surface area contributed by atoms with Gasteiger partial charge in [0.1, 0.15) is 0 Å². The second-order valence-corrected chi connectivity index (χ2v) is 12.8. The molecular formula is C28H48O. The molecule has 1 N–H and O–H groups in total. The molecule has 166 valence electrons. The Hall–Kier alpha value is -0.300. The third kappa shape index (κ3) is 3.37. The van der Waals surface area contributed by atoms with Crippen LogP contribution in [0.4, 0.5) is 0 Å². The van der Waals surface area contributed by atoms with E-state index in [0.29, 0.717) is 22.2 Å². The lowest BCUT2D eigenvalue weighted by molar-refractivity contribution is -0.0560. The van der Waals surface area contributed by atoms with Gasteiger partial charge < -0.3 is 5.11 Å². The van der Waals surface area contributed by atoms with E-state index in [1.54, 1.807) is 0 Å². The van der Waals surface area contributed by atoms with E-state index in [1.807, 2.05) is 5.57 Å². The molecule has 1 heteroatoms. The van der Waals surface area contributed by atoms with Gasteiger partial charge in [-0.25, -0.2) is 0 Å². The van der Waals surface area contributed by atoms with Gasteiger partial charge in [0.25, 0.3) is 0 Å². The minimum Gasteiger partial charge on any atom is -0.393 e. The maximum Gasteiger partial charge on any atom is 0.0543 e. The maximum absolute atomic E-state index is 10.3. The summed E-state index contributed by atoms with van der Waals surface area (Å²) in [6.07, 6.45) is 17.1. The monoisotopic (exact) mass is 400 g/mol. The van der Waals surface area contributed by atoms with Crippen molar-refractivity contribution in [1.82, 2.24) is 0 Å². The van der Waals surface area contributed by atoms with Gasteiger partial charge in [0, 0.05) is 0 Å². The lowest BCUT2D eigenvalue weighted by Crippen LogP contribution is -2.53. The van der Waals surface area contributed by atoms with Gasteiger partial charge in [-0.15, -0.1) is 0 Å². The zero-order valence-electron chi connectivity index (χ0n) is 20.3. The zero-order chi connectivity index (χ0) is 21.0. The van der Waals surface area contributed by atoms with E-state index in [0.717, 1.165) is 36.5 Å². The van der Waals surface area contributed by atoms with Gasteiger partial charge >= 0.3 is 0 Å². The summed E-state index contributed by atoms with van der Waals surface area (Å²) in [4.78, 5) is 0. The van der Waals surface area contributed by atoms with Crippen LogP contribution in [0.5, 0.6) is 0 Å². The highest BCUT2D eigenvalue weighted by atomic mass is 16.3. The number of hydrogen-bond donors (Lipinski definition) is 1. The summed E-state index contributed by atoms with van der Waals surface area (Å²) in [5.74, 6) is 4.12. The molecule has 4 aliphatic rings. The summed E-state index contributed by atoms with van der Waals surface area (Å²) < 4.78 is 0. The van der Waals surface area contributed by atoms with Crippen LogP contribution in [0.2, 0.25) is 0 Å². The summed E-state index contributed by atoms with van der Waals surface area (Å²) in [7, 11) is 0. The molecule has 0 heterocycles. The Labute approximate surface area is 181 Å². The van der Waals surface area contributed by atoms with Crippen LogP contribution < -0.4 is 0 Å². The van der Waals surface area contributed by atoms with Crippen molar-refractivity contribution in [1.29, 1.82) is 0 Å². The Morgan fingerprint density at radius 3 is 2.45 bits per heavy atom. The first-order valence-electron chi connectivity index (χ1n) is 13.0. The molecule has 1 nitrogen and oxygen atoms in total. The predicted octanol–water partition coefficient (Wildman–Crippen LogP) is 7.78. The Morgan fingerprint density at radius 2 is 1.72 bits per heavy atom. The highest BCUT2D eigenvalue weighted by Crippen LogP contribution is 2.71. The van der Waals surface area contributed by atoms with E-state index in [-0.39, 0.29) is 6.10 Å². The molecule has 4 rings (SSSR count). The van der Waals surface area contributed by atoms with Crippen LogP contribution in [0.1, 0.15) is 112 Å². The molecule has 0 radical (unpaired) electrons. The normalized spacial score (nSPS) is 47.9. The fourth-order valence-corrected chi connectivity index (χ4v) is 8.88. The fourth-order valence-electron chi connectivity index (χ4n) is 8.88. The van der Waals surface area contributed by atoms with Gasteiger partial charge in [-0.3, -0.25) is 0 Å². The Kier molecular flexibility index (Phi) is 5.81. The molecule has 0 aromatic carbocycles. The van der Waals surface area contributed by atoms with Crippen LogP contribution in [0.15, 0.2) is 11.6 Å². The molecular weight excluding hydrogens is 352 g/mol. The molecule has 0 saturated heterocycles. The third-order valence-electron chi connectivity index (χ3n) is 11.0. The number of aliphatic hydroxyl groups excluding tert-OH is 1. The lowest BCUT2D eigenvalue weighted by atomic mass is 9.44. The van der Waals surface area contributed by atoms with Crippen molar-refractivity contribution in [3.63, 3.8) is 0 Å². The van der Waals surface area contributed by atoms with Crippen LogP contribution in [0.25, 0.3) is 0 Å². The zero-order valence-corrected chi connectivity index (χ0v) is 20.3. The van der Waals surface area contributed by atoms with Crippen molar-refractivity contribution in [2.75, 3.05) is 0 Å². The molecule has 0 amide bonds.